The molecule has 0 radical (unpaired) electrons. The van der Waals surface area contributed by atoms with Crippen molar-refractivity contribution < 1.29 is 14.4 Å². The molecule has 0 N–H and O–H groups in total. The number of likely N-dealkylation sites (N-methyl/N-ethyl adjacent to an activating group) is 1. The Hall–Kier alpha value is -1.69. The largest absolute Gasteiger partial charge is 0.322 e. The van der Waals surface area contributed by atoms with E-state index in [4.69, 9.17) is 0 Å². The Morgan fingerprint density at radius 2 is 2.00 bits per heavy atom. The predicted molar refractivity (Wildman–Crippen MR) is 74.8 cm³/mol. The number of carbonyl (C=O) groups excluding carboxylic acids is 3. The molecule has 0 bridgehead atoms. The molecule has 1 aromatic carbocycles. The lowest BCUT2D eigenvalue weighted by molar-refractivity contribution is -0.150. The van der Waals surface area contributed by atoms with Gasteiger partial charge in [0, 0.05) is 30.0 Å². The fourth-order valence-corrected chi connectivity index (χ4v) is 3.16. The second-order valence-corrected chi connectivity index (χ2v) is 6.00. The first-order valence-electron chi connectivity index (χ1n) is 6.39. The summed E-state index contributed by atoms with van der Waals surface area (Å²) in [5.74, 6) is -0.603. The van der Waals surface area contributed by atoms with Gasteiger partial charge >= 0.3 is 0 Å². The molecule has 2 aliphatic rings. The van der Waals surface area contributed by atoms with Gasteiger partial charge in [-0.2, -0.15) is 0 Å². The van der Waals surface area contributed by atoms with Gasteiger partial charge in [0.15, 0.2) is 0 Å². The van der Waals surface area contributed by atoms with Crippen LogP contribution in [0.1, 0.15) is 28.8 Å². The van der Waals surface area contributed by atoms with Crippen LogP contribution in [0.15, 0.2) is 22.7 Å². The zero-order chi connectivity index (χ0) is 14.4. The number of halogens is 1. The zero-order valence-corrected chi connectivity index (χ0v) is 12.5. The van der Waals surface area contributed by atoms with Gasteiger partial charge in [0.2, 0.25) is 5.91 Å². The van der Waals surface area contributed by atoms with Crippen molar-refractivity contribution in [1.29, 1.82) is 0 Å². The molecule has 1 atom stereocenters. The third-order valence-corrected chi connectivity index (χ3v) is 4.39. The Bertz CT molecular complexity index is 629. The average Bonchev–Trinajstić information content (AvgIpc) is 2.73. The molecule has 1 aromatic rings. The number of nitrogens with zero attached hydrogens (tertiary/aromatic N) is 2. The molecular formula is C14H13BrN2O3. The number of imide groups is 1. The number of rotatable bonds is 1. The molecule has 5 nitrogen and oxygen atoms in total. The molecule has 0 aliphatic carbocycles. The smallest absolute Gasteiger partial charge is 0.255 e. The van der Waals surface area contributed by atoms with Crippen LogP contribution < -0.4 is 0 Å². The summed E-state index contributed by atoms with van der Waals surface area (Å²) in [7, 11) is 1.47. The van der Waals surface area contributed by atoms with E-state index in [1.165, 1.54) is 7.05 Å². The van der Waals surface area contributed by atoms with Gasteiger partial charge in [0.25, 0.3) is 11.8 Å². The number of fused-ring (bicyclic) bond motifs is 1. The highest BCUT2D eigenvalue weighted by molar-refractivity contribution is 9.10. The van der Waals surface area contributed by atoms with Crippen LogP contribution >= 0.6 is 15.9 Å². The minimum Gasteiger partial charge on any atom is -0.322 e. The lowest BCUT2D eigenvalue weighted by atomic mass is 10.0. The first-order chi connectivity index (χ1) is 9.49. The van der Waals surface area contributed by atoms with Crippen LogP contribution in [-0.2, 0) is 16.1 Å². The Labute approximate surface area is 124 Å². The van der Waals surface area contributed by atoms with E-state index in [9.17, 15) is 14.4 Å². The fraction of sp³-hybridized carbons (Fsp3) is 0.357. The van der Waals surface area contributed by atoms with Gasteiger partial charge in [-0.05, 0) is 30.2 Å². The van der Waals surface area contributed by atoms with Gasteiger partial charge in [-0.1, -0.05) is 15.9 Å². The minimum absolute atomic E-state index is 0.131. The van der Waals surface area contributed by atoms with Crippen LogP contribution in [-0.4, -0.2) is 40.6 Å². The number of hydrogen-bond donors (Lipinski definition) is 0. The maximum Gasteiger partial charge on any atom is 0.255 e. The maximum absolute atomic E-state index is 12.4. The molecular weight excluding hydrogens is 324 g/mol. The number of likely N-dealkylation sites (tertiary alicyclic amines) is 1. The Morgan fingerprint density at radius 3 is 2.75 bits per heavy atom. The minimum atomic E-state index is -0.531. The summed E-state index contributed by atoms with van der Waals surface area (Å²) < 4.78 is 0.910. The normalized spacial score (nSPS) is 22.5. The van der Waals surface area contributed by atoms with E-state index in [0.29, 0.717) is 24.9 Å². The summed E-state index contributed by atoms with van der Waals surface area (Å²) in [4.78, 5) is 38.8. The van der Waals surface area contributed by atoms with Crippen molar-refractivity contribution in [3.05, 3.63) is 33.8 Å². The van der Waals surface area contributed by atoms with E-state index in [-0.39, 0.29) is 17.7 Å². The van der Waals surface area contributed by atoms with Crippen molar-refractivity contribution in [2.24, 2.45) is 0 Å². The quantitative estimate of drug-likeness (QED) is 0.731. The lowest BCUT2D eigenvalue weighted by Crippen LogP contribution is -2.53. The number of carbonyl (C=O) groups is 3. The van der Waals surface area contributed by atoms with Crippen molar-refractivity contribution in [2.75, 3.05) is 7.05 Å². The van der Waals surface area contributed by atoms with E-state index >= 15 is 0 Å². The average molecular weight is 337 g/mol. The molecule has 3 rings (SSSR count). The Morgan fingerprint density at radius 1 is 1.25 bits per heavy atom. The van der Waals surface area contributed by atoms with Crippen LogP contribution in [0.3, 0.4) is 0 Å². The van der Waals surface area contributed by atoms with Gasteiger partial charge in [0.1, 0.15) is 6.04 Å². The Balaban J connectivity index is 1.89. The second kappa shape index (κ2) is 4.70. The van der Waals surface area contributed by atoms with Gasteiger partial charge < -0.3 is 4.90 Å². The third-order valence-electron chi connectivity index (χ3n) is 3.90. The second-order valence-electron chi connectivity index (χ2n) is 5.08. The van der Waals surface area contributed by atoms with Gasteiger partial charge in [-0.25, -0.2) is 0 Å². The highest BCUT2D eigenvalue weighted by Crippen LogP contribution is 2.30. The molecule has 0 spiro atoms. The summed E-state index contributed by atoms with van der Waals surface area (Å²) in [6, 6.07) is 4.95. The van der Waals surface area contributed by atoms with Crippen LogP contribution in [0.5, 0.6) is 0 Å². The highest BCUT2D eigenvalue weighted by Gasteiger charge is 2.41. The highest BCUT2D eigenvalue weighted by atomic mass is 79.9. The van der Waals surface area contributed by atoms with Crippen LogP contribution in [0.25, 0.3) is 0 Å². The summed E-state index contributed by atoms with van der Waals surface area (Å²) in [6.07, 6.45) is 0.708. The molecule has 0 aromatic heterocycles. The van der Waals surface area contributed by atoms with Crippen molar-refractivity contribution in [3.63, 3.8) is 0 Å². The molecule has 20 heavy (non-hydrogen) atoms. The standard InChI is InChI=1S/C14H13BrN2O3/c1-16-12(18)5-4-11(14(16)20)17-7-8-6-9(15)2-3-10(8)13(17)19/h2-3,6,11H,4-5,7H2,1H3. The zero-order valence-electron chi connectivity index (χ0n) is 10.9. The fourth-order valence-electron chi connectivity index (χ4n) is 2.75. The molecule has 2 aliphatic heterocycles. The maximum atomic E-state index is 12.4. The third kappa shape index (κ3) is 1.95. The SMILES string of the molecule is CN1C(=O)CCC(N2Cc3cc(Br)ccc3C2=O)C1=O. The van der Waals surface area contributed by atoms with Crippen LogP contribution in [0.2, 0.25) is 0 Å². The molecule has 1 unspecified atom stereocenters. The monoisotopic (exact) mass is 336 g/mol. The topological polar surface area (TPSA) is 57.7 Å². The van der Waals surface area contributed by atoms with Gasteiger partial charge in [0.05, 0.1) is 0 Å². The van der Waals surface area contributed by atoms with Crippen molar-refractivity contribution >= 4 is 33.7 Å². The van der Waals surface area contributed by atoms with Gasteiger partial charge in [-0.3, -0.25) is 19.3 Å². The van der Waals surface area contributed by atoms with Crippen molar-refractivity contribution in [3.8, 4) is 0 Å². The molecule has 3 amide bonds. The van der Waals surface area contributed by atoms with E-state index < -0.39 is 6.04 Å². The van der Waals surface area contributed by atoms with E-state index in [1.54, 1.807) is 11.0 Å². The summed E-state index contributed by atoms with van der Waals surface area (Å²) in [5.41, 5.74) is 1.55. The molecule has 1 saturated heterocycles. The van der Waals surface area contributed by atoms with E-state index in [1.807, 2.05) is 12.1 Å². The molecule has 6 heteroatoms. The number of piperidine rings is 1. The lowest BCUT2D eigenvalue weighted by Gasteiger charge is -2.33. The van der Waals surface area contributed by atoms with Crippen LogP contribution in [0, 0.1) is 0 Å². The number of amides is 3. The molecule has 0 saturated carbocycles. The first-order valence-corrected chi connectivity index (χ1v) is 7.18. The van der Waals surface area contributed by atoms with Crippen molar-refractivity contribution in [1.82, 2.24) is 9.80 Å². The molecule has 2 heterocycles. The van der Waals surface area contributed by atoms with E-state index in [0.717, 1.165) is 14.9 Å². The summed E-state index contributed by atoms with van der Waals surface area (Å²) in [5, 5.41) is 0. The van der Waals surface area contributed by atoms with E-state index in [2.05, 4.69) is 15.9 Å². The van der Waals surface area contributed by atoms with Crippen molar-refractivity contribution in [2.45, 2.75) is 25.4 Å². The van der Waals surface area contributed by atoms with Crippen LogP contribution in [0.4, 0.5) is 0 Å². The Kier molecular flexibility index (Phi) is 3.12. The molecule has 104 valence electrons. The number of benzene rings is 1. The predicted octanol–water partition coefficient (Wildman–Crippen LogP) is 1.55. The summed E-state index contributed by atoms with van der Waals surface area (Å²) in [6.45, 7) is 0.423. The summed E-state index contributed by atoms with van der Waals surface area (Å²) >= 11 is 3.38. The first kappa shape index (κ1) is 13.3. The van der Waals surface area contributed by atoms with Gasteiger partial charge in [-0.15, -0.1) is 0 Å². The molecule has 1 fully saturated rings. The number of hydrogen-bond acceptors (Lipinski definition) is 3.